The minimum absolute atomic E-state index is 0.0337. The third kappa shape index (κ3) is 2.40. The lowest BCUT2D eigenvalue weighted by molar-refractivity contribution is 0.922. The number of hydrogen-bond acceptors (Lipinski definition) is 1. The summed E-state index contributed by atoms with van der Waals surface area (Å²) in [5, 5.41) is 0. The Morgan fingerprint density at radius 1 is 1.12 bits per heavy atom. The van der Waals surface area contributed by atoms with Crippen LogP contribution < -0.4 is 5.43 Å². The molecule has 0 bridgehead atoms. The van der Waals surface area contributed by atoms with Crippen LogP contribution >= 0.6 is 0 Å². The maximum Gasteiger partial charge on any atom is 0.182 e. The molecule has 2 aromatic rings. The lowest BCUT2D eigenvalue weighted by Crippen LogP contribution is -1.97. The first-order valence-electron chi connectivity index (χ1n) is 5.57. The van der Waals surface area contributed by atoms with E-state index in [0.29, 0.717) is 0 Å². The number of hydrogen-bond donors (Lipinski definition) is 1. The number of rotatable bonds is 3. The van der Waals surface area contributed by atoms with E-state index in [1.54, 1.807) is 12.3 Å². The van der Waals surface area contributed by atoms with Gasteiger partial charge in [-0.3, -0.25) is 4.79 Å². The molecule has 16 heavy (non-hydrogen) atoms. The summed E-state index contributed by atoms with van der Waals surface area (Å²) in [6.45, 7) is 2.17. The molecule has 1 heterocycles. The number of pyridine rings is 1. The van der Waals surface area contributed by atoms with Crippen LogP contribution in [0.2, 0.25) is 0 Å². The van der Waals surface area contributed by atoms with Gasteiger partial charge in [-0.1, -0.05) is 37.6 Å². The Morgan fingerprint density at radius 2 is 1.88 bits per heavy atom. The average molecular weight is 213 g/mol. The van der Waals surface area contributed by atoms with Crippen molar-refractivity contribution in [3.8, 4) is 11.3 Å². The fraction of sp³-hybridized carbons (Fsp3) is 0.214. The van der Waals surface area contributed by atoms with Gasteiger partial charge >= 0.3 is 0 Å². The minimum atomic E-state index is 0.0337. The normalized spacial score (nSPS) is 10.3. The predicted octanol–water partition coefficient (Wildman–Crippen LogP) is 2.99. The molecule has 1 aromatic carbocycles. The second-order valence-corrected chi connectivity index (χ2v) is 3.88. The van der Waals surface area contributed by atoms with Crippen molar-refractivity contribution >= 4 is 0 Å². The number of aromatic nitrogens is 1. The number of aryl methyl sites for hydroxylation is 1. The quantitative estimate of drug-likeness (QED) is 0.835. The van der Waals surface area contributed by atoms with Gasteiger partial charge in [-0.05, 0) is 17.5 Å². The van der Waals surface area contributed by atoms with E-state index >= 15 is 0 Å². The molecule has 2 nitrogen and oxygen atoms in total. The Bertz CT molecular complexity index is 511. The van der Waals surface area contributed by atoms with Gasteiger partial charge in [-0.25, -0.2) is 0 Å². The summed E-state index contributed by atoms with van der Waals surface area (Å²) >= 11 is 0. The molecule has 0 fully saturated rings. The Balaban J connectivity index is 2.31. The van der Waals surface area contributed by atoms with Gasteiger partial charge in [0.2, 0.25) is 0 Å². The first-order valence-corrected chi connectivity index (χ1v) is 5.57. The van der Waals surface area contributed by atoms with Crippen LogP contribution in [-0.4, -0.2) is 4.98 Å². The van der Waals surface area contributed by atoms with Crippen LogP contribution in [0.1, 0.15) is 18.9 Å². The highest BCUT2D eigenvalue weighted by molar-refractivity contribution is 5.58. The smallest absolute Gasteiger partial charge is 0.182 e. The molecular formula is C14H15NO. The van der Waals surface area contributed by atoms with Crippen molar-refractivity contribution in [3.63, 3.8) is 0 Å². The molecule has 2 heteroatoms. The van der Waals surface area contributed by atoms with E-state index in [-0.39, 0.29) is 5.43 Å². The Hall–Kier alpha value is -1.83. The van der Waals surface area contributed by atoms with Gasteiger partial charge in [-0.15, -0.1) is 0 Å². The first-order chi connectivity index (χ1) is 7.79. The standard InChI is InChI=1S/C14H15NO/c1-2-3-11-4-6-12(7-5-11)14-10-13(16)8-9-15-14/h4-10H,2-3H2,1H3,(H,15,16). The largest absolute Gasteiger partial charge is 0.361 e. The van der Waals surface area contributed by atoms with Crippen LogP contribution in [0.4, 0.5) is 0 Å². The lowest BCUT2D eigenvalue weighted by Gasteiger charge is -2.03. The van der Waals surface area contributed by atoms with Crippen molar-refractivity contribution in [2.45, 2.75) is 19.8 Å². The van der Waals surface area contributed by atoms with Crippen LogP contribution in [0, 0.1) is 0 Å². The number of H-pyrrole nitrogens is 1. The van der Waals surface area contributed by atoms with Crippen LogP contribution in [0.3, 0.4) is 0 Å². The molecule has 0 aliphatic rings. The Morgan fingerprint density at radius 3 is 2.50 bits per heavy atom. The molecule has 0 atom stereocenters. The molecule has 0 saturated carbocycles. The summed E-state index contributed by atoms with van der Waals surface area (Å²) in [6, 6.07) is 11.5. The summed E-state index contributed by atoms with van der Waals surface area (Å²) in [7, 11) is 0. The van der Waals surface area contributed by atoms with Crippen LogP contribution in [-0.2, 0) is 6.42 Å². The van der Waals surface area contributed by atoms with Crippen molar-refractivity contribution in [2.24, 2.45) is 0 Å². The minimum Gasteiger partial charge on any atom is -0.361 e. The highest BCUT2D eigenvalue weighted by Gasteiger charge is 1.98. The van der Waals surface area contributed by atoms with E-state index in [1.165, 1.54) is 11.6 Å². The topological polar surface area (TPSA) is 32.9 Å². The monoisotopic (exact) mass is 213 g/mol. The average Bonchev–Trinajstić information content (AvgIpc) is 2.30. The first kappa shape index (κ1) is 10.7. The zero-order valence-corrected chi connectivity index (χ0v) is 9.36. The van der Waals surface area contributed by atoms with Gasteiger partial charge in [0.1, 0.15) is 0 Å². The van der Waals surface area contributed by atoms with E-state index < -0.39 is 0 Å². The van der Waals surface area contributed by atoms with Crippen molar-refractivity contribution in [1.29, 1.82) is 0 Å². The SMILES string of the molecule is CCCc1ccc(-c2cc(=O)cc[nH]2)cc1. The van der Waals surface area contributed by atoms with Gasteiger partial charge in [0.05, 0.1) is 0 Å². The maximum absolute atomic E-state index is 11.2. The van der Waals surface area contributed by atoms with Crippen molar-refractivity contribution in [3.05, 3.63) is 58.4 Å². The van der Waals surface area contributed by atoms with E-state index in [1.807, 2.05) is 0 Å². The second kappa shape index (κ2) is 4.79. The van der Waals surface area contributed by atoms with Gasteiger partial charge < -0.3 is 4.98 Å². The van der Waals surface area contributed by atoms with Crippen molar-refractivity contribution in [1.82, 2.24) is 4.98 Å². The molecule has 0 amide bonds. The number of aromatic amines is 1. The highest BCUT2D eigenvalue weighted by atomic mass is 16.1. The molecule has 0 radical (unpaired) electrons. The molecule has 2 rings (SSSR count). The van der Waals surface area contributed by atoms with Crippen molar-refractivity contribution < 1.29 is 0 Å². The van der Waals surface area contributed by atoms with Gasteiger partial charge in [0.15, 0.2) is 5.43 Å². The molecule has 0 unspecified atom stereocenters. The Kier molecular flexibility index (Phi) is 3.20. The lowest BCUT2D eigenvalue weighted by atomic mass is 10.1. The molecule has 1 aromatic heterocycles. The summed E-state index contributed by atoms with van der Waals surface area (Å²) in [5.74, 6) is 0. The van der Waals surface area contributed by atoms with E-state index in [0.717, 1.165) is 24.1 Å². The fourth-order valence-corrected chi connectivity index (χ4v) is 1.75. The number of nitrogens with one attached hydrogen (secondary N) is 1. The zero-order chi connectivity index (χ0) is 11.4. The summed E-state index contributed by atoms with van der Waals surface area (Å²) in [5.41, 5.74) is 3.30. The molecular weight excluding hydrogens is 198 g/mol. The van der Waals surface area contributed by atoms with Gasteiger partial charge in [-0.2, -0.15) is 0 Å². The third-order valence-electron chi connectivity index (χ3n) is 2.58. The molecule has 0 spiro atoms. The summed E-state index contributed by atoms with van der Waals surface area (Å²) in [4.78, 5) is 14.3. The maximum atomic E-state index is 11.2. The molecule has 82 valence electrons. The number of benzene rings is 1. The summed E-state index contributed by atoms with van der Waals surface area (Å²) < 4.78 is 0. The molecule has 0 aliphatic carbocycles. The third-order valence-corrected chi connectivity index (χ3v) is 2.58. The van der Waals surface area contributed by atoms with Crippen LogP contribution in [0.25, 0.3) is 11.3 Å². The fourth-order valence-electron chi connectivity index (χ4n) is 1.75. The predicted molar refractivity (Wildman–Crippen MR) is 66.5 cm³/mol. The van der Waals surface area contributed by atoms with Crippen molar-refractivity contribution in [2.75, 3.05) is 0 Å². The van der Waals surface area contributed by atoms with Crippen LogP contribution in [0.5, 0.6) is 0 Å². The zero-order valence-electron chi connectivity index (χ0n) is 9.36. The van der Waals surface area contributed by atoms with Gasteiger partial charge in [0, 0.05) is 24.0 Å². The molecule has 1 N–H and O–H groups in total. The second-order valence-electron chi connectivity index (χ2n) is 3.88. The van der Waals surface area contributed by atoms with E-state index in [9.17, 15) is 4.79 Å². The van der Waals surface area contributed by atoms with E-state index in [4.69, 9.17) is 0 Å². The highest BCUT2D eigenvalue weighted by Crippen LogP contribution is 2.16. The van der Waals surface area contributed by atoms with E-state index in [2.05, 4.69) is 36.2 Å². The van der Waals surface area contributed by atoms with Crippen LogP contribution in [0.15, 0.2) is 47.4 Å². The summed E-state index contributed by atoms with van der Waals surface area (Å²) in [6.07, 6.45) is 3.94. The molecule has 0 saturated heterocycles. The van der Waals surface area contributed by atoms with Gasteiger partial charge in [0.25, 0.3) is 0 Å². The molecule has 0 aliphatic heterocycles. The Labute approximate surface area is 95.0 Å².